The molecule has 7 heteroatoms. The summed E-state index contributed by atoms with van der Waals surface area (Å²) in [5, 5.41) is 3.38. The number of carbonyl (C=O) groups is 2. The van der Waals surface area contributed by atoms with Gasteiger partial charge in [-0.2, -0.15) is 0 Å². The first-order valence-electron chi connectivity index (χ1n) is 9.75. The molecule has 0 unspecified atom stereocenters. The van der Waals surface area contributed by atoms with Crippen molar-refractivity contribution in [1.82, 2.24) is 4.90 Å². The number of para-hydroxylation sites is 1. The molecule has 0 aromatic heterocycles. The maximum absolute atomic E-state index is 12.7. The van der Waals surface area contributed by atoms with Crippen molar-refractivity contribution in [3.05, 3.63) is 58.6 Å². The Morgan fingerprint density at radius 2 is 1.90 bits per heavy atom. The molecule has 1 saturated heterocycles. The van der Waals surface area contributed by atoms with Gasteiger partial charge in [-0.3, -0.25) is 9.59 Å². The number of anilines is 1. The van der Waals surface area contributed by atoms with Crippen LogP contribution in [0, 0.1) is 6.92 Å². The van der Waals surface area contributed by atoms with Crippen LogP contribution in [-0.2, 0) is 16.0 Å². The fourth-order valence-electron chi connectivity index (χ4n) is 3.55. The number of hydrogen-bond acceptors (Lipinski definition) is 3. The van der Waals surface area contributed by atoms with E-state index in [0.29, 0.717) is 36.8 Å². The Hall–Kier alpha value is -2.57. The molecule has 0 spiro atoms. The molecule has 1 fully saturated rings. The topological polar surface area (TPSA) is 63.1 Å². The van der Waals surface area contributed by atoms with Gasteiger partial charge in [-0.25, -0.2) is 0 Å². The maximum atomic E-state index is 12.7. The molecule has 2 N–H and O–H groups in total. The van der Waals surface area contributed by atoms with E-state index in [0.717, 1.165) is 34.9 Å². The molecule has 154 valence electrons. The second-order valence-corrected chi connectivity index (χ2v) is 7.73. The number of quaternary nitrogens is 1. The zero-order valence-corrected chi connectivity index (χ0v) is 17.6. The van der Waals surface area contributed by atoms with Crippen molar-refractivity contribution < 1.29 is 19.2 Å². The van der Waals surface area contributed by atoms with Crippen molar-refractivity contribution in [2.45, 2.75) is 13.3 Å². The summed E-state index contributed by atoms with van der Waals surface area (Å²) in [4.78, 5) is 28.1. The largest absolute Gasteiger partial charge is 0.496 e. The average molecular weight is 417 g/mol. The molecule has 1 aliphatic rings. The van der Waals surface area contributed by atoms with E-state index in [1.165, 1.54) is 0 Å². The predicted octanol–water partition coefficient (Wildman–Crippen LogP) is 1.57. The van der Waals surface area contributed by atoms with Crippen LogP contribution in [0.5, 0.6) is 5.75 Å². The third kappa shape index (κ3) is 5.71. The Labute approximate surface area is 176 Å². The highest BCUT2D eigenvalue weighted by Gasteiger charge is 2.26. The molecular formula is C22H27ClN3O3+. The molecule has 3 rings (SSSR count). The van der Waals surface area contributed by atoms with Gasteiger partial charge in [0, 0.05) is 5.56 Å². The van der Waals surface area contributed by atoms with E-state index < -0.39 is 0 Å². The summed E-state index contributed by atoms with van der Waals surface area (Å²) in [5.74, 6) is 0.760. The van der Waals surface area contributed by atoms with E-state index in [1.54, 1.807) is 19.2 Å². The number of carbonyl (C=O) groups excluding carboxylic acids is 2. The summed E-state index contributed by atoms with van der Waals surface area (Å²) in [5.41, 5.74) is 2.64. The monoisotopic (exact) mass is 416 g/mol. The molecule has 0 aliphatic carbocycles. The first kappa shape index (κ1) is 21.1. The van der Waals surface area contributed by atoms with Gasteiger partial charge in [-0.1, -0.05) is 41.4 Å². The van der Waals surface area contributed by atoms with Gasteiger partial charge in [0.05, 0.1) is 50.4 Å². The number of hydrogen-bond donors (Lipinski definition) is 2. The van der Waals surface area contributed by atoms with Crippen LogP contribution in [0.1, 0.15) is 11.1 Å². The van der Waals surface area contributed by atoms with Gasteiger partial charge >= 0.3 is 0 Å². The van der Waals surface area contributed by atoms with Crippen LogP contribution in [0.25, 0.3) is 0 Å². The van der Waals surface area contributed by atoms with E-state index in [9.17, 15) is 9.59 Å². The third-order valence-electron chi connectivity index (χ3n) is 5.16. The average Bonchev–Trinajstić information content (AvgIpc) is 2.70. The Morgan fingerprint density at radius 3 is 2.59 bits per heavy atom. The molecular weight excluding hydrogens is 390 g/mol. The van der Waals surface area contributed by atoms with E-state index in [2.05, 4.69) is 5.32 Å². The van der Waals surface area contributed by atoms with Gasteiger partial charge < -0.3 is 19.9 Å². The zero-order chi connectivity index (χ0) is 20.8. The Kier molecular flexibility index (Phi) is 7.12. The number of piperazine rings is 1. The first-order valence-corrected chi connectivity index (χ1v) is 10.1. The van der Waals surface area contributed by atoms with Crippen molar-refractivity contribution in [2.24, 2.45) is 0 Å². The lowest BCUT2D eigenvalue weighted by Gasteiger charge is -2.32. The molecule has 29 heavy (non-hydrogen) atoms. The number of nitrogens with one attached hydrogen (secondary N) is 2. The zero-order valence-electron chi connectivity index (χ0n) is 16.8. The molecule has 0 saturated carbocycles. The van der Waals surface area contributed by atoms with E-state index in [1.807, 2.05) is 42.2 Å². The summed E-state index contributed by atoms with van der Waals surface area (Å²) in [6.07, 6.45) is 0.327. The lowest BCUT2D eigenvalue weighted by atomic mass is 10.1. The van der Waals surface area contributed by atoms with Crippen LogP contribution in [0.15, 0.2) is 42.5 Å². The first-order chi connectivity index (χ1) is 14.0. The van der Waals surface area contributed by atoms with Gasteiger partial charge in [0.25, 0.3) is 5.91 Å². The van der Waals surface area contributed by atoms with Crippen molar-refractivity contribution in [3.8, 4) is 5.75 Å². The number of amides is 2. The molecule has 0 bridgehead atoms. The molecule has 0 atom stereocenters. The maximum Gasteiger partial charge on any atom is 0.279 e. The number of ether oxygens (including phenoxy) is 1. The number of nitrogens with zero attached hydrogens (tertiary/aromatic N) is 1. The standard InChI is InChI=1S/C22H26ClN3O3/c1-16-7-8-20(29-2)17(13-16)14-22(28)26-11-9-25(10-12-26)15-21(27)24-19-6-4-3-5-18(19)23/h3-8,13H,9-12,14-15H2,1-2H3,(H,24,27)/p+1. The molecule has 0 radical (unpaired) electrons. The van der Waals surface area contributed by atoms with E-state index >= 15 is 0 Å². The van der Waals surface area contributed by atoms with Crippen molar-refractivity contribution in [1.29, 1.82) is 0 Å². The summed E-state index contributed by atoms with van der Waals surface area (Å²) < 4.78 is 5.38. The molecule has 2 aromatic carbocycles. The molecule has 6 nitrogen and oxygen atoms in total. The third-order valence-corrected chi connectivity index (χ3v) is 5.49. The van der Waals surface area contributed by atoms with Crippen LogP contribution >= 0.6 is 11.6 Å². The SMILES string of the molecule is COc1ccc(C)cc1CC(=O)N1CC[NH+](CC(=O)Nc2ccccc2Cl)CC1. The number of rotatable bonds is 6. The smallest absolute Gasteiger partial charge is 0.279 e. The predicted molar refractivity (Wildman–Crippen MR) is 114 cm³/mol. The number of benzene rings is 2. The quantitative estimate of drug-likeness (QED) is 0.751. The molecule has 2 aromatic rings. The fraction of sp³-hybridized carbons (Fsp3) is 0.364. The number of aryl methyl sites for hydroxylation is 1. The van der Waals surface area contributed by atoms with Gasteiger partial charge in [0.2, 0.25) is 5.91 Å². The molecule has 2 amide bonds. The summed E-state index contributed by atoms with van der Waals surface area (Å²) in [6, 6.07) is 13.1. The van der Waals surface area contributed by atoms with Crippen molar-refractivity contribution in [3.63, 3.8) is 0 Å². The van der Waals surface area contributed by atoms with Gasteiger partial charge in [0.1, 0.15) is 5.75 Å². The summed E-state index contributed by atoms with van der Waals surface area (Å²) >= 11 is 6.09. The fourth-order valence-corrected chi connectivity index (χ4v) is 3.74. The second-order valence-electron chi connectivity index (χ2n) is 7.33. The van der Waals surface area contributed by atoms with Gasteiger partial charge in [0.15, 0.2) is 6.54 Å². The number of methoxy groups -OCH3 is 1. The van der Waals surface area contributed by atoms with E-state index in [-0.39, 0.29) is 11.8 Å². The molecule has 1 aliphatic heterocycles. The number of halogens is 1. The Balaban J connectivity index is 1.49. The lowest BCUT2D eigenvalue weighted by Crippen LogP contribution is -3.15. The Bertz CT molecular complexity index is 879. The van der Waals surface area contributed by atoms with Crippen molar-refractivity contribution in [2.75, 3.05) is 45.2 Å². The van der Waals surface area contributed by atoms with Crippen LogP contribution < -0.4 is 15.0 Å². The summed E-state index contributed by atoms with van der Waals surface area (Å²) in [6.45, 7) is 5.13. The van der Waals surface area contributed by atoms with Crippen LogP contribution in [0.4, 0.5) is 5.69 Å². The van der Waals surface area contributed by atoms with Crippen molar-refractivity contribution >= 4 is 29.1 Å². The minimum atomic E-state index is -0.0719. The Morgan fingerprint density at radius 1 is 1.17 bits per heavy atom. The molecule has 1 heterocycles. The van der Waals surface area contributed by atoms with Crippen LogP contribution in [0.2, 0.25) is 5.02 Å². The highest BCUT2D eigenvalue weighted by molar-refractivity contribution is 6.33. The minimum Gasteiger partial charge on any atom is -0.496 e. The van der Waals surface area contributed by atoms with Crippen LogP contribution in [-0.4, -0.2) is 56.5 Å². The lowest BCUT2D eigenvalue weighted by molar-refractivity contribution is -0.895. The van der Waals surface area contributed by atoms with E-state index in [4.69, 9.17) is 16.3 Å². The normalized spacial score (nSPS) is 14.5. The highest BCUT2D eigenvalue weighted by atomic mass is 35.5. The van der Waals surface area contributed by atoms with Gasteiger partial charge in [-0.15, -0.1) is 0 Å². The minimum absolute atomic E-state index is 0.0719. The highest BCUT2D eigenvalue weighted by Crippen LogP contribution is 2.21. The summed E-state index contributed by atoms with van der Waals surface area (Å²) in [7, 11) is 1.62. The second kappa shape index (κ2) is 9.76. The van der Waals surface area contributed by atoms with Crippen LogP contribution in [0.3, 0.4) is 0 Å². The van der Waals surface area contributed by atoms with Gasteiger partial charge in [-0.05, 0) is 25.1 Å².